The van der Waals surface area contributed by atoms with Crippen LogP contribution < -0.4 is 11.3 Å². The smallest absolute Gasteiger partial charge is 0.0794 e. The molecule has 0 aliphatic heterocycles. The van der Waals surface area contributed by atoms with Gasteiger partial charge in [-0.25, -0.2) is 0 Å². The van der Waals surface area contributed by atoms with Crippen molar-refractivity contribution in [3.05, 3.63) is 37.4 Å². The quantitative estimate of drug-likeness (QED) is 0.674. The summed E-state index contributed by atoms with van der Waals surface area (Å²) in [5.74, 6) is 5.56. The monoisotopic (exact) mass is 303 g/mol. The first-order valence-corrected chi connectivity index (χ1v) is 6.87. The van der Waals surface area contributed by atoms with Gasteiger partial charge in [0.2, 0.25) is 0 Å². The zero-order valence-electron chi connectivity index (χ0n) is 7.81. The topological polar surface area (TPSA) is 50.9 Å². The highest BCUT2D eigenvalue weighted by molar-refractivity contribution is 9.11. The maximum atomic E-state index is 5.56. The van der Waals surface area contributed by atoms with Crippen LogP contribution in [0.25, 0.3) is 0 Å². The molecule has 0 bridgehead atoms. The fourth-order valence-electron chi connectivity index (χ4n) is 1.30. The molecule has 0 radical (unpaired) electrons. The molecule has 0 saturated heterocycles. The maximum Gasteiger partial charge on any atom is 0.0794 e. The molecule has 0 aliphatic rings. The molecule has 15 heavy (non-hydrogen) atoms. The lowest BCUT2D eigenvalue weighted by atomic mass is 10.1. The summed E-state index contributed by atoms with van der Waals surface area (Å²) in [5.41, 5.74) is 4.68. The first-order chi connectivity index (χ1) is 7.29. The molecule has 3 N–H and O–H groups in total. The molecule has 0 amide bonds. The van der Waals surface area contributed by atoms with Crippen molar-refractivity contribution in [2.75, 3.05) is 0 Å². The lowest BCUT2D eigenvalue weighted by molar-refractivity contribution is 0.564. The largest absolute Gasteiger partial charge is 0.271 e. The molecule has 6 heteroatoms. The van der Waals surface area contributed by atoms with E-state index in [2.05, 4.69) is 32.4 Å². The van der Waals surface area contributed by atoms with Crippen molar-refractivity contribution in [3.8, 4) is 0 Å². The van der Waals surface area contributed by atoms with Gasteiger partial charge >= 0.3 is 0 Å². The van der Waals surface area contributed by atoms with Gasteiger partial charge < -0.3 is 0 Å². The highest BCUT2D eigenvalue weighted by atomic mass is 79.9. The van der Waals surface area contributed by atoms with Crippen LogP contribution in [0, 0.1) is 0 Å². The summed E-state index contributed by atoms with van der Waals surface area (Å²) < 4.78 is 1.13. The van der Waals surface area contributed by atoms with E-state index in [9.17, 15) is 0 Å². The highest BCUT2D eigenvalue weighted by Crippen LogP contribution is 2.29. The molecule has 0 aromatic carbocycles. The number of aromatic nitrogens is 1. The number of thiophene rings is 1. The fourth-order valence-corrected chi connectivity index (χ4v) is 3.43. The zero-order valence-corrected chi connectivity index (χ0v) is 11.0. The molecule has 2 rings (SSSR count). The van der Waals surface area contributed by atoms with Gasteiger partial charge in [0.15, 0.2) is 0 Å². The van der Waals surface area contributed by atoms with Gasteiger partial charge in [0.25, 0.3) is 0 Å². The molecule has 2 aromatic rings. The van der Waals surface area contributed by atoms with E-state index in [0.717, 1.165) is 10.2 Å². The molecule has 1 atom stereocenters. The molecule has 0 spiro atoms. The van der Waals surface area contributed by atoms with Crippen LogP contribution >= 0.6 is 38.6 Å². The second-order valence-electron chi connectivity index (χ2n) is 3.03. The minimum absolute atomic E-state index is 0.168. The molecular formula is C9H10BrN3S2. The second kappa shape index (κ2) is 5.18. The summed E-state index contributed by atoms with van der Waals surface area (Å²) in [6.45, 7) is 0. The molecule has 2 heterocycles. The summed E-state index contributed by atoms with van der Waals surface area (Å²) in [5, 5.41) is 0. The number of rotatable bonds is 4. The van der Waals surface area contributed by atoms with Gasteiger partial charge in [0.1, 0.15) is 0 Å². The van der Waals surface area contributed by atoms with E-state index < -0.39 is 0 Å². The third-order valence-electron chi connectivity index (χ3n) is 2.03. The van der Waals surface area contributed by atoms with Crippen molar-refractivity contribution in [3.63, 3.8) is 0 Å². The van der Waals surface area contributed by atoms with Crippen LogP contribution in [0.2, 0.25) is 0 Å². The Hall–Kier alpha value is -0.270. The molecule has 0 fully saturated rings. The number of nitrogens with zero attached hydrogens (tertiary/aromatic N) is 1. The first kappa shape index (κ1) is 11.2. The molecule has 3 nitrogen and oxygen atoms in total. The third kappa shape index (κ3) is 2.85. The van der Waals surface area contributed by atoms with Gasteiger partial charge in [-0.2, -0.15) is 0 Å². The van der Waals surface area contributed by atoms with Crippen molar-refractivity contribution >= 4 is 38.6 Å². The molecular weight excluding hydrogens is 294 g/mol. The minimum atomic E-state index is 0.168. The summed E-state index contributed by atoms with van der Waals surface area (Å²) in [7, 11) is 0. The van der Waals surface area contributed by atoms with Crippen molar-refractivity contribution in [1.82, 2.24) is 10.4 Å². The van der Waals surface area contributed by atoms with Crippen molar-refractivity contribution in [2.24, 2.45) is 5.84 Å². The van der Waals surface area contributed by atoms with Gasteiger partial charge in [-0.05, 0) is 28.1 Å². The van der Waals surface area contributed by atoms with E-state index in [-0.39, 0.29) is 6.04 Å². The minimum Gasteiger partial charge on any atom is -0.271 e. The second-order valence-corrected chi connectivity index (χ2v) is 6.50. The SMILES string of the molecule is NNC(Cc1cncs1)c1ccc(Br)s1. The van der Waals surface area contributed by atoms with E-state index >= 15 is 0 Å². The van der Waals surface area contributed by atoms with Crippen LogP contribution in [0.5, 0.6) is 0 Å². The Morgan fingerprint density at radius 3 is 2.93 bits per heavy atom. The standard InChI is InChI=1S/C9H10BrN3S2/c10-9-2-1-8(15-9)7(13-11)3-6-4-12-5-14-6/h1-2,4-5,7,13H,3,11H2. The van der Waals surface area contributed by atoms with Gasteiger partial charge in [-0.3, -0.25) is 16.3 Å². The maximum absolute atomic E-state index is 5.56. The Morgan fingerprint density at radius 2 is 2.40 bits per heavy atom. The van der Waals surface area contributed by atoms with E-state index in [4.69, 9.17) is 5.84 Å². The van der Waals surface area contributed by atoms with E-state index in [0.29, 0.717) is 0 Å². The van der Waals surface area contributed by atoms with Crippen LogP contribution in [0.15, 0.2) is 27.6 Å². The number of nitrogens with two attached hydrogens (primary N) is 1. The number of hydrogen-bond donors (Lipinski definition) is 2. The van der Waals surface area contributed by atoms with Crippen LogP contribution in [0.3, 0.4) is 0 Å². The van der Waals surface area contributed by atoms with E-state index in [1.165, 1.54) is 9.75 Å². The summed E-state index contributed by atoms with van der Waals surface area (Å²) >= 11 is 6.80. The molecule has 2 aromatic heterocycles. The van der Waals surface area contributed by atoms with Gasteiger partial charge in [0.05, 0.1) is 15.3 Å². The van der Waals surface area contributed by atoms with Crippen LogP contribution in [-0.2, 0) is 6.42 Å². The van der Waals surface area contributed by atoms with Gasteiger partial charge in [-0.15, -0.1) is 22.7 Å². The Morgan fingerprint density at radius 1 is 1.53 bits per heavy atom. The van der Waals surface area contributed by atoms with Gasteiger partial charge in [0, 0.05) is 22.4 Å². The van der Waals surface area contributed by atoms with E-state index in [1.807, 2.05) is 17.8 Å². The average molecular weight is 304 g/mol. The fraction of sp³-hybridized carbons (Fsp3) is 0.222. The third-order valence-corrected chi connectivity index (χ3v) is 4.57. The summed E-state index contributed by atoms with van der Waals surface area (Å²) in [6.07, 6.45) is 2.77. The number of hydrogen-bond acceptors (Lipinski definition) is 5. The summed E-state index contributed by atoms with van der Waals surface area (Å²) in [6, 6.07) is 4.29. The molecule has 0 saturated carbocycles. The van der Waals surface area contributed by atoms with Crippen LogP contribution in [0.4, 0.5) is 0 Å². The van der Waals surface area contributed by atoms with Crippen LogP contribution in [-0.4, -0.2) is 4.98 Å². The van der Waals surface area contributed by atoms with Crippen molar-refractivity contribution in [2.45, 2.75) is 12.5 Å². The highest BCUT2D eigenvalue weighted by Gasteiger charge is 2.13. The Kier molecular flexibility index (Phi) is 3.87. The van der Waals surface area contributed by atoms with E-state index in [1.54, 1.807) is 22.7 Å². The number of halogens is 1. The zero-order chi connectivity index (χ0) is 10.7. The Bertz CT molecular complexity index is 413. The molecule has 1 unspecified atom stereocenters. The van der Waals surface area contributed by atoms with Crippen molar-refractivity contribution < 1.29 is 0 Å². The lowest BCUT2D eigenvalue weighted by Gasteiger charge is -2.12. The predicted octanol–water partition coefficient (Wildman–Crippen LogP) is 2.71. The number of hydrazine groups is 1. The van der Waals surface area contributed by atoms with Crippen LogP contribution in [0.1, 0.15) is 15.8 Å². The molecule has 80 valence electrons. The molecule has 0 aliphatic carbocycles. The van der Waals surface area contributed by atoms with Gasteiger partial charge in [-0.1, -0.05) is 0 Å². The normalized spacial score (nSPS) is 12.9. The number of thiazole rings is 1. The Balaban J connectivity index is 2.11. The average Bonchev–Trinajstić information content (AvgIpc) is 2.85. The summed E-state index contributed by atoms with van der Waals surface area (Å²) in [4.78, 5) is 6.52. The predicted molar refractivity (Wildman–Crippen MR) is 67.9 cm³/mol. The number of nitrogens with one attached hydrogen (secondary N) is 1. The Labute approximate surface area is 104 Å². The van der Waals surface area contributed by atoms with Crippen molar-refractivity contribution in [1.29, 1.82) is 0 Å². The first-order valence-electron chi connectivity index (χ1n) is 4.38. The lowest BCUT2D eigenvalue weighted by Crippen LogP contribution is -2.28.